The number of nitriles is 1. The highest BCUT2D eigenvalue weighted by molar-refractivity contribution is 6.30. The summed E-state index contributed by atoms with van der Waals surface area (Å²) in [6.07, 6.45) is 0.528. The van der Waals surface area contributed by atoms with Gasteiger partial charge in [0.15, 0.2) is 0 Å². The maximum absolute atomic E-state index is 8.89. The molecule has 0 aliphatic carbocycles. The van der Waals surface area contributed by atoms with Crippen LogP contribution in [0.3, 0.4) is 0 Å². The minimum atomic E-state index is -0.745. The van der Waals surface area contributed by atoms with Gasteiger partial charge in [-0.05, 0) is 24.6 Å². The SMILES string of the molecule is CC(C#N)(Cc1cccc(Cl)c1)NN. The number of hydrogen-bond donors (Lipinski definition) is 2. The lowest BCUT2D eigenvalue weighted by Gasteiger charge is -2.20. The Morgan fingerprint density at radius 1 is 1.64 bits per heavy atom. The van der Waals surface area contributed by atoms with Crippen LogP contribution in [0.2, 0.25) is 5.02 Å². The molecule has 0 amide bonds. The first kappa shape index (κ1) is 11.0. The van der Waals surface area contributed by atoms with Crippen LogP contribution < -0.4 is 11.3 Å². The van der Waals surface area contributed by atoms with Gasteiger partial charge >= 0.3 is 0 Å². The third-order valence-electron chi connectivity index (χ3n) is 2.01. The third-order valence-corrected chi connectivity index (χ3v) is 2.25. The van der Waals surface area contributed by atoms with Crippen molar-refractivity contribution in [1.82, 2.24) is 5.43 Å². The summed E-state index contributed by atoms with van der Waals surface area (Å²) in [6, 6.07) is 9.51. The molecule has 1 atom stereocenters. The maximum atomic E-state index is 8.89. The van der Waals surface area contributed by atoms with Crippen LogP contribution >= 0.6 is 11.6 Å². The summed E-state index contributed by atoms with van der Waals surface area (Å²) in [7, 11) is 0. The Morgan fingerprint density at radius 3 is 2.86 bits per heavy atom. The van der Waals surface area contributed by atoms with Gasteiger partial charge in [-0.25, -0.2) is 5.43 Å². The van der Waals surface area contributed by atoms with Crippen LogP contribution in [0.25, 0.3) is 0 Å². The molecule has 0 saturated heterocycles. The Hall–Kier alpha value is -1.08. The van der Waals surface area contributed by atoms with E-state index in [1.54, 1.807) is 13.0 Å². The molecule has 0 heterocycles. The highest BCUT2D eigenvalue weighted by atomic mass is 35.5. The van der Waals surface area contributed by atoms with Crippen molar-refractivity contribution in [3.8, 4) is 6.07 Å². The summed E-state index contributed by atoms with van der Waals surface area (Å²) in [5.41, 5.74) is 2.73. The largest absolute Gasteiger partial charge is 0.270 e. The van der Waals surface area contributed by atoms with E-state index in [-0.39, 0.29) is 0 Å². The number of nitrogens with two attached hydrogens (primary N) is 1. The molecule has 0 saturated carbocycles. The second-order valence-corrected chi connectivity index (χ2v) is 3.83. The van der Waals surface area contributed by atoms with E-state index in [0.29, 0.717) is 11.4 Å². The third kappa shape index (κ3) is 2.71. The first-order valence-corrected chi connectivity index (χ1v) is 4.61. The zero-order valence-electron chi connectivity index (χ0n) is 7.92. The fraction of sp³-hybridized carbons (Fsp3) is 0.300. The minimum absolute atomic E-state index is 0.528. The first-order valence-electron chi connectivity index (χ1n) is 4.23. The van der Waals surface area contributed by atoms with Gasteiger partial charge in [0, 0.05) is 11.4 Å². The number of benzene rings is 1. The Bertz CT molecular complexity index is 359. The molecule has 0 aliphatic heterocycles. The van der Waals surface area contributed by atoms with E-state index in [4.69, 9.17) is 22.7 Å². The fourth-order valence-corrected chi connectivity index (χ4v) is 1.39. The average molecular weight is 210 g/mol. The normalized spacial score (nSPS) is 14.4. The highest BCUT2D eigenvalue weighted by Gasteiger charge is 2.21. The smallest absolute Gasteiger partial charge is 0.119 e. The summed E-state index contributed by atoms with van der Waals surface area (Å²) in [5, 5.41) is 9.56. The molecule has 0 aromatic heterocycles. The molecule has 0 spiro atoms. The zero-order chi connectivity index (χ0) is 10.6. The van der Waals surface area contributed by atoms with Crippen molar-refractivity contribution in [2.75, 3.05) is 0 Å². The molecule has 0 bridgehead atoms. The lowest BCUT2D eigenvalue weighted by atomic mass is 9.95. The lowest BCUT2D eigenvalue weighted by Crippen LogP contribution is -2.47. The predicted octanol–water partition coefficient (Wildman–Crippen LogP) is 1.63. The molecule has 1 aromatic rings. The molecule has 0 fully saturated rings. The van der Waals surface area contributed by atoms with Gasteiger partial charge in [-0.3, -0.25) is 5.84 Å². The Kier molecular flexibility index (Phi) is 3.48. The van der Waals surface area contributed by atoms with Crippen LogP contribution in [0.4, 0.5) is 0 Å². The Balaban J connectivity index is 2.84. The molecule has 74 valence electrons. The first-order chi connectivity index (χ1) is 6.59. The Labute approximate surface area is 88.4 Å². The van der Waals surface area contributed by atoms with Gasteiger partial charge in [-0.2, -0.15) is 5.26 Å². The lowest BCUT2D eigenvalue weighted by molar-refractivity contribution is 0.458. The number of rotatable bonds is 3. The van der Waals surface area contributed by atoms with Crippen molar-refractivity contribution in [3.05, 3.63) is 34.9 Å². The van der Waals surface area contributed by atoms with Crippen molar-refractivity contribution in [2.45, 2.75) is 18.9 Å². The van der Waals surface area contributed by atoms with Gasteiger partial charge in [-0.1, -0.05) is 23.7 Å². The highest BCUT2D eigenvalue weighted by Crippen LogP contribution is 2.15. The minimum Gasteiger partial charge on any atom is -0.270 e. The summed E-state index contributed by atoms with van der Waals surface area (Å²) >= 11 is 5.83. The van der Waals surface area contributed by atoms with E-state index in [9.17, 15) is 0 Å². The summed E-state index contributed by atoms with van der Waals surface area (Å²) in [5.74, 6) is 5.30. The van der Waals surface area contributed by atoms with Crippen LogP contribution in [0.1, 0.15) is 12.5 Å². The van der Waals surface area contributed by atoms with Crippen molar-refractivity contribution >= 4 is 11.6 Å². The van der Waals surface area contributed by atoms with Crippen molar-refractivity contribution < 1.29 is 0 Å². The van der Waals surface area contributed by atoms with Gasteiger partial charge in [0.2, 0.25) is 0 Å². The number of hydrogen-bond acceptors (Lipinski definition) is 3. The molecule has 3 N–H and O–H groups in total. The van der Waals surface area contributed by atoms with Crippen molar-refractivity contribution in [2.24, 2.45) is 5.84 Å². The molecular formula is C10H12ClN3. The zero-order valence-corrected chi connectivity index (χ0v) is 8.67. The second kappa shape index (κ2) is 4.43. The van der Waals surface area contributed by atoms with Crippen LogP contribution in [0.15, 0.2) is 24.3 Å². The van der Waals surface area contributed by atoms with Gasteiger partial charge in [0.1, 0.15) is 5.54 Å². The van der Waals surface area contributed by atoms with Gasteiger partial charge in [0.05, 0.1) is 6.07 Å². The topological polar surface area (TPSA) is 61.8 Å². The van der Waals surface area contributed by atoms with Gasteiger partial charge in [-0.15, -0.1) is 0 Å². The fourth-order valence-electron chi connectivity index (χ4n) is 1.18. The quantitative estimate of drug-likeness (QED) is 0.588. The summed E-state index contributed by atoms with van der Waals surface area (Å²) in [6.45, 7) is 1.74. The molecule has 3 nitrogen and oxygen atoms in total. The molecular weight excluding hydrogens is 198 g/mol. The maximum Gasteiger partial charge on any atom is 0.119 e. The van der Waals surface area contributed by atoms with E-state index < -0.39 is 5.54 Å². The summed E-state index contributed by atoms with van der Waals surface area (Å²) in [4.78, 5) is 0. The van der Waals surface area contributed by atoms with E-state index in [1.807, 2.05) is 18.2 Å². The second-order valence-electron chi connectivity index (χ2n) is 3.39. The number of hydrazine groups is 1. The number of nitrogens with zero attached hydrogens (tertiary/aromatic N) is 1. The Morgan fingerprint density at radius 2 is 2.36 bits per heavy atom. The molecule has 1 rings (SSSR count). The number of nitrogens with one attached hydrogen (secondary N) is 1. The van der Waals surface area contributed by atoms with E-state index in [1.165, 1.54) is 0 Å². The molecule has 1 unspecified atom stereocenters. The van der Waals surface area contributed by atoms with Crippen LogP contribution in [0.5, 0.6) is 0 Å². The molecule has 4 heteroatoms. The molecule has 0 aliphatic rings. The standard InChI is InChI=1S/C10H12ClN3/c1-10(7-12,14-13)6-8-3-2-4-9(11)5-8/h2-5,14H,6,13H2,1H3. The average Bonchev–Trinajstić information content (AvgIpc) is 2.18. The van der Waals surface area contributed by atoms with Gasteiger partial charge in [0.25, 0.3) is 0 Å². The molecule has 0 radical (unpaired) electrons. The van der Waals surface area contributed by atoms with Crippen LogP contribution in [-0.4, -0.2) is 5.54 Å². The van der Waals surface area contributed by atoms with Gasteiger partial charge < -0.3 is 0 Å². The van der Waals surface area contributed by atoms with Crippen LogP contribution in [0, 0.1) is 11.3 Å². The molecule has 14 heavy (non-hydrogen) atoms. The van der Waals surface area contributed by atoms with E-state index in [2.05, 4.69) is 11.5 Å². The predicted molar refractivity (Wildman–Crippen MR) is 56.5 cm³/mol. The molecule has 1 aromatic carbocycles. The van der Waals surface area contributed by atoms with Crippen molar-refractivity contribution in [3.63, 3.8) is 0 Å². The van der Waals surface area contributed by atoms with E-state index in [0.717, 1.165) is 5.56 Å². The monoisotopic (exact) mass is 209 g/mol. The van der Waals surface area contributed by atoms with E-state index >= 15 is 0 Å². The van der Waals surface area contributed by atoms with Crippen molar-refractivity contribution in [1.29, 1.82) is 5.26 Å². The number of halogens is 1. The van der Waals surface area contributed by atoms with Crippen LogP contribution in [-0.2, 0) is 6.42 Å². The summed E-state index contributed by atoms with van der Waals surface area (Å²) < 4.78 is 0.